The quantitative estimate of drug-likeness (QED) is 0.916. The highest BCUT2D eigenvalue weighted by atomic mass is 32.1. The van der Waals surface area contributed by atoms with E-state index < -0.39 is 0 Å². The molecule has 2 N–H and O–H groups in total. The summed E-state index contributed by atoms with van der Waals surface area (Å²) in [6.45, 7) is 0. The average molecular weight is 255 g/mol. The summed E-state index contributed by atoms with van der Waals surface area (Å²) in [6, 6.07) is 9.70. The SMILES string of the molecule is N#Cc1ccc(-c2csc(C(N)C3CC3)n2)cc1. The Morgan fingerprint density at radius 1 is 1.33 bits per heavy atom. The Bertz CT molecular complexity index is 590. The fraction of sp³-hybridized carbons (Fsp3) is 0.286. The van der Waals surface area contributed by atoms with Crippen molar-refractivity contribution in [1.82, 2.24) is 4.98 Å². The zero-order valence-corrected chi connectivity index (χ0v) is 10.7. The lowest BCUT2D eigenvalue weighted by molar-refractivity contribution is 0.629. The largest absolute Gasteiger partial charge is 0.322 e. The lowest BCUT2D eigenvalue weighted by Crippen LogP contribution is -2.11. The van der Waals surface area contributed by atoms with Crippen LogP contribution >= 0.6 is 11.3 Å². The van der Waals surface area contributed by atoms with Crippen LogP contribution in [0.1, 0.15) is 29.5 Å². The average Bonchev–Trinajstić information content (AvgIpc) is 3.15. The summed E-state index contributed by atoms with van der Waals surface area (Å²) < 4.78 is 0. The van der Waals surface area contributed by atoms with E-state index in [1.54, 1.807) is 11.3 Å². The molecule has 0 spiro atoms. The zero-order chi connectivity index (χ0) is 12.5. The zero-order valence-electron chi connectivity index (χ0n) is 9.84. The van der Waals surface area contributed by atoms with Crippen molar-refractivity contribution in [2.45, 2.75) is 18.9 Å². The number of nitrogens with zero attached hydrogens (tertiary/aromatic N) is 2. The minimum Gasteiger partial charge on any atom is -0.322 e. The lowest BCUT2D eigenvalue weighted by Gasteiger charge is -2.04. The standard InChI is InChI=1S/C14H13N3S/c15-7-9-1-3-10(4-2-9)12-8-18-14(17-12)13(16)11-5-6-11/h1-4,8,11,13H,5-6,16H2. The number of rotatable bonds is 3. The van der Waals surface area contributed by atoms with Gasteiger partial charge in [-0.3, -0.25) is 0 Å². The summed E-state index contributed by atoms with van der Waals surface area (Å²) in [7, 11) is 0. The van der Waals surface area contributed by atoms with Gasteiger partial charge in [0.15, 0.2) is 0 Å². The molecule has 0 saturated heterocycles. The molecule has 4 heteroatoms. The number of thiazole rings is 1. The summed E-state index contributed by atoms with van der Waals surface area (Å²) in [4.78, 5) is 4.61. The van der Waals surface area contributed by atoms with Crippen LogP contribution in [0.25, 0.3) is 11.3 Å². The van der Waals surface area contributed by atoms with Crippen molar-refractivity contribution in [2.24, 2.45) is 11.7 Å². The maximum atomic E-state index is 8.76. The summed E-state index contributed by atoms with van der Waals surface area (Å²) in [5.41, 5.74) is 8.81. The third kappa shape index (κ3) is 2.15. The van der Waals surface area contributed by atoms with E-state index in [0.717, 1.165) is 16.3 Å². The number of nitriles is 1. The molecule has 1 saturated carbocycles. The summed E-state index contributed by atoms with van der Waals surface area (Å²) in [6.07, 6.45) is 2.46. The van der Waals surface area contributed by atoms with Gasteiger partial charge in [-0.1, -0.05) is 12.1 Å². The van der Waals surface area contributed by atoms with Gasteiger partial charge < -0.3 is 5.73 Å². The van der Waals surface area contributed by atoms with Crippen LogP contribution in [0.15, 0.2) is 29.6 Å². The monoisotopic (exact) mass is 255 g/mol. The van der Waals surface area contributed by atoms with E-state index in [2.05, 4.69) is 11.1 Å². The Morgan fingerprint density at radius 2 is 2.06 bits per heavy atom. The van der Waals surface area contributed by atoms with E-state index in [-0.39, 0.29) is 6.04 Å². The molecule has 0 amide bonds. The predicted molar refractivity (Wildman–Crippen MR) is 71.9 cm³/mol. The molecule has 0 aliphatic heterocycles. The number of hydrogen-bond acceptors (Lipinski definition) is 4. The predicted octanol–water partition coefficient (Wildman–Crippen LogP) is 3.09. The van der Waals surface area contributed by atoms with E-state index in [4.69, 9.17) is 11.0 Å². The minimum absolute atomic E-state index is 0.0992. The van der Waals surface area contributed by atoms with Crippen LogP contribution in [0.4, 0.5) is 0 Å². The van der Waals surface area contributed by atoms with Crippen LogP contribution in [-0.4, -0.2) is 4.98 Å². The van der Waals surface area contributed by atoms with E-state index >= 15 is 0 Å². The second-order valence-electron chi connectivity index (χ2n) is 4.62. The Balaban J connectivity index is 1.85. The first-order chi connectivity index (χ1) is 8.78. The fourth-order valence-electron chi connectivity index (χ4n) is 1.95. The Hall–Kier alpha value is -1.70. The molecule has 1 aromatic heterocycles. The molecule has 1 aromatic carbocycles. The van der Waals surface area contributed by atoms with Crippen molar-refractivity contribution in [3.8, 4) is 17.3 Å². The van der Waals surface area contributed by atoms with Gasteiger partial charge in [-0.25, -0.2) is 4.98 Å². The van der Waals surface area contributed by atoms with Crippen molar-refractivity contribution < 1.29 is 0 Å². The van der Waals surface area contributed by atoms with Crippen molar-refractivity contribution >= 4 is 11.3 Å². The number of aromatic nitrogens is 1. The van der Waals surface area contributed by atoms with Crippen LogP contribution in [-0.2, 0) is 0 Å². The van der Waals surface area contributed by atoms with E-state index in [0.29, 0.717) is 11.5 Å². The normalized spacial score (nSPS) is 16.2. The van der Waals surface area contributed by atoms with Gasteiger partial charge in [-0.2, -0.15) is 5.26 Å². The fourth-order valence-corrected chi connectivity index (χ4v) is 2.87. The maximum absolute atomic E-state index is 8.76. The van der Waals surface area contributed by atoms with Gasteiger partial charge in [0.1, 0.15) is 5.01 Å². The van der Waals surface area contributed by atoms with E-state index in [1.165, 1.54) is 12.8 Å². The summed E-state index contributed by atoms with van der Waals surface area (Å²) >= 11 is 1.63. The van der Waals surface area contributed by atoms with Crippen LogP contribution in [0.3, 0.4) is 0 Å². The number of nitrogens with two attached hydrogens (primary N) is 1. The molecule has 90 valence electrons. The molecule has 1 atom stereocenters. The Morgan fingerprint density at radius 3 is 2.67 bits per heavy atom. The highest BCUT2D eigenvalue weighted by Gasteiger charge is 2.31. The second-order valence-corrected chi connectivity index (χ2v) is 5.51. The van der Waals surface area contributed by atoms with Gasteiger partial charge in [0, 0.05) is 10.9 Å². The highest BCUT2D eigenvalue weighted by molar-refractivity contribution is 7.10. The Kier molecular flexibility index (Phi) is 2.86. The molecular weight excluding hydrogens is 242 g/mol. The molecule has 3 rings (SSSR count). The molecule has 1 aliphatic carbocycles. The molecule has 1 fully saturated rings. The molecule has 0 radical (unpaired) electrons. The minimum atomic E-state index is 0.0992. The third-order valence-corrected chi connectivity index (χ3v) is 4.19. The van der Waals surface area contributed by atoms with Crippen molar-refractivity contribution in [3.05, 3.63) is 40.2 Å². The maximum Gasteiger partial charge on any atom is 0.110 e. The molecule has 18 heavy (non-hydrogen) atoms. The van der Waals surface area contributed by atoms with Gasteiger partial charge >= 0.3 is 0 Å². The second kappa shape index (κ2) is 4.52. The molecule has 1 heterocycles. The summed E-state index contributed by atoms with van der Waals surface area (Å²) in [5, 5.41) is 11.8. The number of hydrogen-bond donors (Lipinski definition) is 1. The molecule has 2 aromatic rings. The Labute approximate surface area is 110 Å². The van der Waals surface area contributed by atoms with Crippen LogP contribution in [0, 0.1) is 17.2 Å². The molecular formula is C14H13N3S. The van der Waals surface area contributed by atoms with Crippen molar-refractivity contribution in [1.29, 1.82) is 5.26 Å². The first-order valence-corrected chi connectivity index (χ1v) is 6.87. The topological polar surface area (TPSA) is 62.7 Å². The first-order valence-electron chi connectivity index (χ1n) is 5.99. The van der Waals surface area contributed by atoms with Gasteiger partial charge in [0.25, 0.3) is 0 Å². The van der Waals surface area contributed by atoms with E-state index in [1.807, 2.05) is 29.6 Å². The smallest absolute Gasteiger partial charge is 0.110 e. The molecule has 3 nitrogen and oxygen atoms in total. The molecule has 1 unspecified atom stereocenters. The lowest BCUT2D eigenvalue weighted by atomic mass is 10.1. The first kappa shape index (κ1) is 11.4. The van der Waals surface area contributed by atoms with Gasteiger partial charge in [0.05, 0.1) is 23.4 Å². The van der Waals surface area contributed by atoms with Gasteiger partial charge in [-0.05, 0) is 30.9 Å². The molecule has 1 aliphatic rings. The number of benzene rings is 1. The van der Waals surface area contributed by atoms with Gasteiger partial charge in [0.2, 0.25) is 0 Å². The van der Waals surface area contributed by atoms with Crippen LogP contribution in [0.5, 0.6) is 0 Å². The van der Waals surface area contributed by atoms with Crippen molar-refractivity contribution in [3.63, 3.8) is 0 Å². The van der Waals surface area contributed by atoms with E-state index in [9.17, 15) is 0 Å². The van der Waals surface area contributed by atoms with Crippen LogP contribution < -0.4 is 5.73 Å². The molecule has 0 bridgehead atoms. The van der Waals surface area contributed by atoms with Crippen LogP contribution in [0.2, 0.25) is 0 Å². The van der Waals surface area contributed by atoms with Gasteiger partial charge in [-0.15, -0.1) is 11.3 Å². The third-order valence-electron chi connectivity index (χ3n) is 3.25. The highest BCUT2D eigenvalue weighted by Crippen LogP contribution is 2.40. The van der Waals surface area contributed by atoms with Crippen molar-refractivity contribution in [2.75, 3.05) is 0 Å². The summed E-state index contributed by atoms with van der Waals surface area (Å²) in [5.74, 6) is 0.630.